The first kappa shape index (κ1) is 18.7. The quantitative estimate of drug-likeness (QED) is 0.767. The second-order valence-electron chi connectivity index (χ2n) is 6.24. The first-order valence-corrected chi connectivity index (χ1v) is 8.73. The van der Waals surface area contributed by atoms with Gasteiger partial charge in [0.25, 0.3) is 0 Å². The van der Waals surface area contributed by atoms with Gasteiger partial charge in [0.15, 0.2) is 0 Å². The van der Waals surface area contributed by atoms with Crippen LogP contribution in [-0.2, 0) is 14.3 Å². The molecule has 1 aliphatic rings. The van der Waals surface area contributed by atoms with E-state index in [4.69, 9.17) is 16.3 Å². The lowest BCUT2D eigenvalue weighted by Gasteiger charge is -2.35. The Hall–Kier alpha value is -1.59. The number of hydrogen-bond acceptors (Lipinski definition) is 3. The molecule has 0 radical (unpaired) electrons. The van der Waals surface area contributed by atoms with Gasteiger partial charge >= 0.3 is 0 Å². The predicted molar refractivity (Wildman–Crippen MR) is 95.4 cm³/mol. The summed E-state index contributed by atoms with van der Waals surface area (Å²) in [5, 5.41) is 3.55. The van der Waals surface area contributed by atoms with Crippen LogP contribution in [0, 0.1) is 6.92 Å². The molecule has 1 fully saturated rings. The molecule has 0 unspecified atom stereocenters. The third kappa shape index (κ3) is 3.90. The molecule has 1 atom stereocenters. The van der Waals surface area contributed by atoms with E-state index in [9.17, 15) is 9.59 Å². The minimum atomic E-state index is -0.874. The van der Waals surface area contributed by atoms with Gasteiger partial charge in [0.2, 0.25) is 11.8 Å². The maximum Gasteiger partial charge on any atom is 0.246 e. The third-order valence-corrected chi connectivity index (χ3v) is 4.65. The molecular weight excluding hydrogens is 328 g/mol. The summed E-state index contributed by atoms with van der Waals surface area (Å²) in [6, 6.07) is 5.36. The average Bonchev–Trinajstić information content (AvgIpc) is 2.84. The van der Waals surface area contributed by atoms with Crippen molar-refractivity contribution in [3.8, 4) is 0 Å². The Morgan fingerprint density at radius 3 is 2.88 bits per heavy atom. The molecule has 2 amide bonds. The van der Waals surface area contributed by atoms with Gasteiger partial charge in [0.05, 0.1) is 0 Å². The van der Waals surface area contributed by atoms with E-state index in [0.717, 1.165) is 17.7 Å². The van der Waals surface area contributed by atoms with E-state index in [2.05, 4.69) is 5.32 Å². The molecule has 1 aliphatic heterocycles. The summed E-state index contributed by atoms with van der Waals surface area (Å²) in [5.74, 6) is -0.161. The molecule has 1 N–H and O–H groups in total. The molecule has 1 heterocycles. The van der Waals surface area contributed by atoms with Crippen LogP contribution >= 0.6 is 11.6 Å². The smallest absolute Gasteiger partial charge is 0.246 e. The minimum Gasteiger partial charge on any atom is -0.382 e. The van der Waals surface area contributed by atoms with Crippen molar-refractivity contribution in [1.29, 1.82) is 0 Å². The van der Waals surface area contributed by atoms with Crippen molar-refractivity contribution in [3.63, 3.8) is 0 Å². The summed E-state index contributed by atoms with van der Waals surface area (Å²) in [4.78, 5) is 26.8. The van der Waals surface area contributed by atoms with Gasteiger partial charge in [-0.3, -0.25) is 14.5 Å². The summed E-state index contributed by atoms with van der Waals surface area (Å²) in [6.45, 7) is 7.49. The van der Waals surface area contributed by atoms with E-state index >= 15 is 0 Å². The highest BCUT2D eigenvalue weighted by atomic mass is 35.5. The fourth-order valence-corrected chi connectivity index (χ4v) is 3.27. The van der Waals surface area contributed by atoms with E-state index < -0.39 is 5.54 Å². The molecule has 24 heavy (non-hydrogen) atoms. The SMILES string of the molecule is CCOCCCNC(=O)[C@]1(C)CCC(=O)N1c1ccc(Cl)cc1C. The van der Waals surface area contributed by atoms with Crippen LogP contribution in [0.5, 0.6) is 0 Å². The third-order valence-electron chi connectivity index (χ3n) is 4.41. The number of aryl methyl sites for hydroxylation is 1. The summed E-state index contributed by atoms with van der Waals surface area (Å²) < 4.78 is 5.27. The Kier molecular flexibility index (Phi) is 6.24. The Morgan fingerprint density at radius 2 is 2.21 bits per heavy atom. The summed E-state index contributed by atoms with van der Waals surface area (Å²) in [7, 11) is 0. The predicted octanol–water partition coefficient (Wildman–Crippen LogP) is 3.08. The monoisotopic (exact) mass is 352 g/mol. The molecule has 5 nitrogen and oxygen atoms in total. The maximum atomic E-state index is 12.7. The molecule has 1 aromatic rings. The van der Waals surface area contributed by atoms with Crippen LogP contribution < -0.4 is 10.2 Å². The van der Waals surface area contributed by atoms with Crippen molar-refractivity contribution in [2.24, 2.45) is 0 Å². The fraction of sp³-hybridized carbons (Fsp3) is 0.556. The van der Waals surface area contributed by atoms with Gasteiger partial charge in [-0.25, -0.2) is 0 Å². The molecular formula is C18H25ClN2O3. The zero-order valence-electron chi connectivity index (χ0n) is 14.5. The number of amides is 2. The second-order valence-corrected chi connectivity index (χ2v) is 6.68. The molecule has 2 rings (SSSR count). The number of hydrogen-bond donors (Lipinski definition) is 1. The Morgan fingerprint density at radius 1 is 1.46 bits per heavy atom. The van der Waals surface area contributed by atoms with Crippen LogP contribution in [0.3, 0.4) is 0 Å². The van der Waals surface area contributed by atoms with Crippen molar-refractivity contribution >= 4 is 29.1 Å². The van der Waals surface area contributed by atoms with Crippen LogP contribution in [0.1, 0.15) is 38.7 Å². The number of benzene rings is 1. The first-order valence-electron chi connectivity index (χ1n) is 8.35. The zero-order valence-corrected chi connectivity index (χ0v) is 15.3. The molecule has 0 saturated carbocycles. The lowest BCUT2D eigenvalue weighted by Crippen LogP contribution is -2.55. The number of rotatable bonds is 7. The summed E-state index contributed by atoms with van der Waals surface area (Å²) in [5.41, 5.74) is 0.753. The number of carbonyl (C=O) groups excluding carboxylic acids is 2. The van der Waals surface area contributed by atoms with Gasteiger partial charge in [0.1, 0.15) is 5.54 Å². The standard InChI is InChI=1S/C18H25ClN2O3/c1-4-24-11-5-10-20-17(23)18(3)9-8-16(22)21(18)15-7-6-14(19)12-13(15)2/h6-7,12H,4-5,8-11H2,1-3H3,(H,20,23)/t18-/m0/s1. The van der Waals surface area contributed by atoms with Crippen molar-refractivity contribution in [1.82, 2.24) is 5.32 Å². The van der Waals surface area contributed by atoms with Gasteiger partial charge in [-0.05, 0) is 57.4 Å². The van der Waals surface area contributed by atoms with Gasteiger partial charge in [-0.1, -0.05) is 11.6 Å². The molecule has 132 valence electrons. The Bertz CT molecular complexity index is 620. The number of nitrogens with zero attached hydrogens (tertiary/aromatic N) is 1. The van der Waals surface area contributed by atoms with E-state index in [1.54, 1.807) is 11.0 Å². The minimum absolute atomic E-state index is 0.0348. The van der Waals surface area contributed by atoms with Gasteiger partial charge in [-0.15, -0.1) is 0 Å². The average molecular weight is 353 g/mol. The van der Waals surface area contributed by atoms with Gasteiger partial charge in [-0.2, -0.15) is 0 Å². The van der Waals surface area contributed by atoms with Crippen molar-refractivity contribution in [2.75, 3.05) is 24.7 Å². The summed E-state index contributed by atoms with van der Waals surface area (Å²) >= 11 is 6.01. The molecule has 0 aromatic heterocycles. The van der Waals surface area contributed by atoms with Gasteiger partial charge < -0.3 is 10.1 Å². The topological polar surface area (TPSA) is 58.6 Å². The number of anilines is 1. The molecule has 1 aromatic carbocycles. The molecule has 0 aliphatic carbocycles. The van der Waals surface area contributed by atoms with Crippen molar-refractivity contribution in [3.05, 3.63) is 28.8 Å². The lowest BCUT2D eigenvalue weighted by atomic mass is 9.96. The number of ether oxygens (including phenoxy) is 1. The normalized spacial score (nSPS) is 20.5. The maximum absolute atomic E-state index is 12.7. The summed E-state index contributed by atoms with van der Waals surface area (Å²) in [6.07, 6.45) is 1.62. The molecule has 0 spiro atoms. The van der Waals surface area contributed by atoms with Crippen LogP contribution in [-0.4, -0.2) is 37.1 Å². The highest BCUT2D eigenvalue weighted by Gasteiger charge is 2.48. The first-order chi connectivity index (χ1) is 11.4. The van der Waals surface area contributed by atoms with Crippen LogP contribution in [0.25, 0.3) is 0 Å². The van der Waals surface area contributed by atoms with E-state index in [-0.39, 0.29) is 11.8 Å². The fourth-order valence-electron chi connectivity index (χ4n) is 3.05. The Balaban J connectivity index is 2.14. The molecule has 0 bridgehead atoms. The number of nitrogens with one attached hydrogen (secondary N) is 1. The highest BCUT2D eigenvalue weighted by molar-refractivity contribution is 6.30. The Labute approximate surface area is 148 Å². The van der Waals surface area contributed by atoms with Crippen LogP contribution in [0.2, 0.25) is 5.02 Å². The van der Waals surface area contributed by atoms with Gasteiger partial charge in [0, 0.05) is 36.9 Å². The van der Waals surface area contributed by atoms with E-state index in [1.165, 1.54) is 0 Å². The van der Waals surface area contributed by atoms with Crippen molar-refractivity contribution < 1.29 is 14.3 Å². The number of carbonyl (C=O) groups is 2. The van der Waals surface area contributed by atoms with Crippen LogP contribution in [0.15, 0.2) is 18.2 Å². The van der Waals surface area contributed by atoms with Crippen LogP contribution in [0.4, 0.5) is 5.69 Å². The van der Waals surface area contributed by atoms with E-state index in [1.807, 2.05) is 32.9 Å². The van der Waals surface area contributed by atoms with E-state index in [0.29, 0.717) is 37.6 Å². The highest BCUT2D eigenvalue weighted by Crippen LogP contribution is 2.37. The molecule has 1 saturated heterocycles. The largest absolute Gasteiger partial charge is 0.382 e. The van der Waals surface area contributed by atoms with Crippen molar-refractivity contribution in [2.45, 2.75) is 45.6 Å². The molecule has 6 heteroatoms. The number of halogens is 1. The zero-order chi connectivity index (χ0) is 17.7. The lowest BCUT2D eigenvalue weighted by molar-refractivity contribution is -0.127. The second kappa shape index (κ2) is 7.99.